The highest BCUT2D eigenvalue weighted by molar-refractivity contribution is 5.94. The number of guanidine groups is 1. The molecule has 5 nitrogen and oxygen atoms in total. The Morgan fingerprint density at radius 1 is 1.44 bits per heavy atom. The Morgan fingerprint density at radius 2 is 2.12 bits per heavy atom. The van der Waals surface area contributed by atoms with E-state index in [2.05, 4.69) is 5.32 Å². The zero-order valence-corrected chi connectivity index (χ0v) is 8.21. The van der Waals surface area contributed by atoms with Crippen LogP contribution in [0.4, 0.5) is 13.7 Å². The van der Waals surface area contributed by atoms with Gasteiger partial charge in [0.1, 0.15) is 5.82 Å². The van der Waals surface area contributed by atoms with Gasteiger partial charge in [0, 0.05) is 12.1 Å². The molecule has 1 aromatic rings. The van der Waals surface area contributed by atoms with Gasteiger partial charge in [0.05, 0.1) is 0 Å². The third-order valence-corrected chi connectivity index (χ3v) is 1.73. The van der Waals surface area contributed by atoms with Crippen LogP contribution in [0.25, 0.3) is 0 Å². The molecule has 7 heteroatoms. The lowest BCUT2D eigenvalue weighted by Crippen LogP contribution is -2.42. The van der Waals surface area contributed by atoms with Crippen molar-refractivity contribution < 1.29 is 13.7 Å². The van der Waals surface area contributed by atoms with Crippen molar-refractivity contribution in [2.45, 2.75) is 6.54 Å². The number of hydrogen-bond donors (Lipinski definition) is 3. The Labute approximate surface area is 90.3 Å². The van der Waals surface area contributed by atoms with Crippen molar-refractivity contribution in [1.82, 2.24) is 10.6 Å². The molecule has 0 fully saturated rings. The van der Waals surface area contributed by atoms with E-state index in [1.165, 1.54) is 18.2 Å². The molecule has 0 heterocycles. The second-order valence-corrected chi connectivity index (χ2v) is 2.87. The lowest BCUT2D eigenvalue weighted by molar-refractivity contribution is 0.244. The number of nitrogens with zero attached hydrogens (tertiary/aromatic N) is 1. The summed E-state index contributed by atoms with van der Waals surface area (Å²) in [4.78, 5) is 11.0. The smallest absolute Gasteiger partial charge is 0.321 e. The first-order chi connectivity index (χ1) is 7.63. The number of rotatable bonds is 2. The average molecular weight is 228 g/mol. The van der Waals surface area contributed by atoms with Crippen molar-refractivity contribution in [2.75, 3.05) is 0 Å². The van der Waals surface area contributed by atoms with Gasteiger partial charge in [-0.25, -0.2) is 9.18 Å². The third-order valence-electron chi connectivity index (χ3n) is 1.73. The van der Waals surface area contributed by atoms with E-state index < -0.39 is 17.8 Å². The molecule has 0 aliphatic rings. The highest BCUT2D eigenvalue weighted by atomic mass is 19.2. The second kappa shape index (κ2) is 5.64. The average Bonchev–Trinajstić information content (AvgIpc) is 2.28. The molecule has 1 rings (SSSR count). The van der Waals surface area contributed by atoms with E-state index in [0.29, 0.717) is 5.56 Å². The Kier molecular flexibility index (Phi) is 4.19. The molecule has 0 spiro atoms. The zero-order valence-electron chi connectivity index (χ0n) is 8.21. The van der Waals surface area contributed by atoms with E-state index in [-0.39, 0.29) is 6.54 Å². The lowest BCUT2D eigenvalue weighted by Gasteiger charge is -2.06. The fraction of sp³-hybridized carbons (Fsp3) is 0.111. The van der Waals surface area contributed by atoms with Crippen molar-refractivity contribution in [3.63, 3.8) is 0 Å². The predicted molar refractivity (Wildman–Crippen MR) is 54.5 cm³/mol. The zero-order chi connectivity index (χ0) is 12.0. The summed E-state index contributed by atoms with van der Waals surface area (Å²) >= 11 is 0. The van der Waals surface area contributed by atoms with Gasteiger partial charge in [0.2, 0.25) is 5.96 Å². The molecule has 0 aliphatic carbocycles. The summed E-state index contributed by atoms with van der Waals surface area (Å²) in [5, 5.41) is 6.24. The fourth-order valence-corrected chi connectivity index (χ4v) is 0.999. The van der Waals surface area contributed by atoms with Crippen LogP contribution in [0.3, 0.4) is 0 Å². The Balaban J connectivity index is 2.46. The third kappa shape index (κ3) is 3.52. The Hall–Kier alpha value is -2.18. The first-order valence-electron chi connectivity index (χ1n) is 4.36. The monoisotopic (exact) mass is 228 g/mol. The summed E-state index contributed by atoms with van der Waals surface area (Å²) in [5.41, 5.74) is 5.22. The molecule has 16 heavy (non-hydrogen) atoms. The minimum absolute atomic E-state index is 0.0297. The number of amides is 2. The fourth-order valence-electron chi connectivity index (χ4n) is 0.999. The lowest BCUT2D eigenvalue weighted by atomic mass is 10.2. The van der Waals surface area contributed by atoms with Crippen molar-refractivity contribution in [3.05, 3.63) is 35.6 Å². The van der Waals surface area contributed by atoms with E-state index in [1.807, 2.05) is 10.5 Å². The van der Waals surface area contributed by atoms with Gasteiger partial charge in [-0.2, -0.15) is 0 Å². The molecular weight excluding hydrogens is 218 g/mol. The van der Waals surface area contributed by atoms with Crippen LogP contribution in [-0.2, 0) is 6.54 Å². The molecule has 0 bridgehead atoms. The van der Waals surface area contributed by atoms with E-state index in [1.54, 1.807) is 6.07 Å². The van der Waals surface area contributed by atoms with Gasteiger partial charge in [0.25, 0.3) is 0 Å². The van der Waals surface area contributed by atoms with E-state index in [0.717, 1.165) is 0 Å². The predicted octanol–water partition coefficient (Wildman–Crippen LogP) is 0.824. The molecular formula is C9H10F2N4O. The van der Waals surface area contributed by atoms with Crippen LogP contribution < -0.4 is 16.4 Å². The van der Waals surface area contributed by atoms with Gasteiger partial charge in [-0.3, -0.25) is 5.32 Å². The molecule has 0 unspecified atom stereocenters. The minimum atomic E-state index is -0.762. The van der Waals surface area contributed by atoms with Gasteiger partial charge >= 0.3 is 6.03 Å². The standard InChI is InChI=1S/C9H10F2N4O/c10-7-4-2-1-3-6(7)5-13-9(16)14-8(12)15-11/h1-4H,5H2,(H4,12,13,14,15,16). The van der Waals surface area contributed by atoms with Gasteiger partial charge in [-0.1, -0.05) is 27.9 Å². The minimum Gasteiger partial charge on any atom is -0.367 e. The maximum absolute atomic E-state index is 13.1. The van der Waals surface area contributed by atoms with Gasteiger partial charge in [0.15, 0.2) is 0 Å². The quantitative estimate of drug-likeness (QED) is 0.517. The van der Waals surface area contributed by atoms with Crippen LogP contribution in [0.15, 0.2) is 29.5 Å². The number of urea groups is 1. The molecule has 0 atom stereocenters. The normalized spacial score (nSPS) is 11.0. The summed E-state index contributed by atoms with van der Waals surface area (Å²) in [6.45, 7) is -0.0297. The van der Waals surface area contributed by atoms with Crippen LogP contribution >= 0.6 is 0 Å². The number of halogens is 2. The summed E-state index contributed by atoms with van der Waals surface area (Å²) in [7, 11) is 0. The second-order valence-electron chi connectivity index (χ2n) is 2.87. The molecule has 86 valence electrons. The molecule has 0 saturated carbocycles. The summed E-state index contributed by atoms with van der Waals surface area (Å²) in [6, 6.07) is 5.19. The van der Waals surface area contributed by atoms with Crippen LogP contribution in [-0.4, -0.2) is 12.0 Å². The molecule has 4 N–H and O–H groups in total. The molecule has 2 amide bonds. The molecule has 0 aliphatic heterocycles. The molecule has 0 aromatic heterocycles. The Morgan fingerprint density at radius 3 is 2.75 bits per heavy atom. The number of carbonyl (C=O) groups is 1. The van der Waals surface area contributed by atoms with Crippen molar-refractivity contribution in [2.24, 2.45) is 10.9 Å². The van der Waals surface area contributed by atoms with E-state index in [9.17, 15) is 13.7 Å². The van der Waals surface area contributed by atoms with Gasteiger partial charge < -0.3 is 11.1 Å². The van der Waals surface area contributed by atoms with E-state index >= 15 is 0 Å². The summed E-state index contributed by atoms with van der Waals surface area (Å²) in [5.74, 6) is -1.10. The van der Waals surface area contributed by atoms with Gasteiger partial charge in [-0.05, 0) is 6.07 Å². The first-order valence-corrected chi connectivity index (χ1v) is 4.36. The number of carbonyl (C=O) groups excluding carboxylic acids is 1. The molecule has 0 saturated heterocycles. The maximum atomic E-state index is 13.1. The SMILES string of the molecule is NC(=NF)NC(=O)NCc1ccccc1F. The van der Waals surface area contributed by atoms with Crippen LogP contribution in [0, 0.1) is 5.82 Å². The topological polar surface area (TPSA) is 79.5 Å². The number of benzene rings is 1. The highest BCUT2D eigenvalue weighted by Gasteiger charge is 2.04. The first kappa shape index (κ1) is 11.9. The number of hydrogen-bond acceptors (Lipinski definition) is 2. The molecule has 0 radical (unpaired) electrons. The molecule has 1 aromatic carbocycles. The summed E-state index contributed by atoms with van der Waals surface area (Å²) < 4.78 is 24.6. The van der Waals surface area contributed by atoms with E-state index in [4.69, 9.17) is 5.73 Å². The van der Waals surface area contributed by atoms with Crippen molar-refractivity contribution in [3.8, 4) is 0 Å². The Bertz CT molecular complexity index is 408. The van der Waals surface area contributed by atoms with Crippen molar-refractivity contribution in [1.29, 1.82) is 0 Å². The van der Waals surface area contributed by atoms with Crippen LogP contribution in [0.5, 0.6) is 0 Å². The number of nitrogens with one attached hydrogen (secondary N) is 2. The highest BCUT2D eigenvalue weighted by Crippen LogP contribution is 2.04. The maximum Gasteiger partial charge on any atom is 0.321 e. The van der Waals surface area contributed by atoms with Crippen LogP contribution in [0.1, 0.15) is 5.56 Å². The summed E-state index contributed by atoms with van der Waals surface area (Å²) in [6.07, 6.45) is 0. The number of nitrogens with two attached hydrogens (primary N) is 1. The van der Waals surface area contributed by atoms with Crippen LogP contribution in [0.2, 0.25) is 0 Å². The van der Waals surface area contributed by atoms with Gasteiger partial charge in [-0.15, -0.1) is 0 Å². The van der Waals surface area contributed by atoms with Crippen molar-refractivity contribution >= 4 is 12.0 Å². The largest absolute Gasteiger partial charge is 0.367 e.